The molecule has 0 bridgehead atoms. The van der Waals surface area contributed by atoms with Crippen LogP contribution in [0.1, 0.15) is 37.2 Å². The van der Waals surface area contributed by atoms with Crippen LogP contribution in [0.2, 0.25) is 0 Å². The monoisotopic (exact) mass is 334 g/mol. The fourth-order valence-electron chi connectivity index (χ4n) is 4.59. The molecule has 2 saturated carbocycles. The first-order valence-corrected chi connectivity index (χ1v) is 9.22. The first-order chi connectivity index (χ1) is 12.3. The number of para-hydroxylation sites is 1. The minimum Gasteiger partial charge on any atom is -0.319 e. The number of hydrogen-bond acceptors (Lipinski definition) is 3. The largest absolute Gasteiger partial charge is 0.325 e. The van der Waals surface area contributed by atoms with Crippen molar-refractivity contribution < 1.29 is 4.79 Å². The van der Waals surface area contributed by atoms with E-state index in [0.29, 0.717) is 17.9 Å². The second-order valence-corrected chi connectivity index (χ2v) is 7.50. The number of carbonyl (C=O) groups is 1. The van der Waals surface area contributed by atoms with Crippen LogP contribution >= 0.6 is 0 Å². The molecule has 0 spiro atoms. The predicted octanol–water partition coefficient (Wildman–Crippen LogP) is 3.44. The number of fused-ring (bicyclic) bond motifs is 1. The van der Waals surface area contributed by atoms with Gasteiger partial charge in [0.1, 0.15) is 6.33 Å². The normalized spacial score (nSPS) is 28.5. The molecule has 2 amide bonds. The standard InChI is InChI=1S/C20H22N4O/c25-20-23(12-14-6-7-14)18-9-8-17(15-10-21-13-22-11-15)19(18)24(20)16-4-2-1-3-5-16/h1-5,10-11,13-14,17-19H,6-9,12H2/t17-,18-,19+/m0/s1. The van der Waals surface area contributed by atoms with Crippen LogP contribution < -0.4 is 4.90 Å². The third-order valence-electron chi connectivity index (χ3n) is 5.93. The van der Waals surface area contributed by atoms with E-state index in [-0.39, 0.29) is 12.1 Å². The SMILES string of the molecule is O=C1N(CC2CC2)[C@H]2CC[C@@H](c3cncnc3)[C@H]2N1c1ccccc1. The zero-order chi connectivity index (χ0) is 16.8. The van der Waals surface area contributed by atoms with Gasteiger partial charge < -0.3 is 4.90 Å². The third-order valence-corrected chi connectivity index (χ3v) is 5.93. The Hall–Kier alpha value is -2.43. The van der Waals surface area contributed by atoms with Crippen LogP contribution in [0.5, 0.6) is 0 Å². The fraction of sp³-hybridized carbons (Fsp3) is 0.450. The number of aromatic nitrogens is 2. The Kier molecular flexibility index (Phi) is 3.47. The van der Waals surface area contributed by atoms with E-state index in [0.717, 1.165) is 30.6 Å². The Labute approximate surface area is 147 Å². The van der Waals surface area contributed by atoms with Crippen LogP contribution in [0, 0.1) is 5.92 Å². The lowest BCUT2D eigenvalue weighted by Crippen LogP contribution is -2.38. The molecule has 5 heteroatoms. The highest BCUT2D eigenvalue weighted by atomic mass is 16.2. The van der Waals surface area contributed by atoms with E-state index >= 15 is 0 Å². The Balaban J connectivity index is 1.54. The Morgan fingerprint density at radius 2 is 1.76 bits per heavy atom. The van der Waals surface area contributed by atoms with Crippen LogP contribution in [0.25, 0.3) is 0 Å². The molecule has 5 rings (SSSR count). The number of hydrogen-bond donors (Lipinski definition) is 0. The number of benzene rings is 1. The topological polar surface area (TPSA) is 49.3 Å². The molecule has 3 fully saturated rings. The molecular weight excluding hydrogens is 312 g/mol. The predicted molar refractivity (Wildman–Crippen MR) is 95.3 cm³/mol. The van der Waals surface area contributed by atoms with Gasteiger partial charge in [-0.1, -0.05) is 18.2 Å². The van der Waals surface area contributed by atoms with Crippen molar-refractivity contribution in [2.24, 2.45) is 5.92 Å². The second kappa shape index (κ2) is 5.83. The number of carbonyl (C=O) groups excluding carboxylic acids is 1. The van der Waals surface area contributed by atoms with Crippen LogP contribution in [0.3, 0.4) is 0 Å². The molecule has 1 aromatic heterocycles. The lowest BCUT2D eigenvalue weighted by atomic mass is 9.94. The zero-order valence-electron chi connectivity index (χ0n) is 14.2. The van der Waals surface area contributed by atoms with Crippen molar-refractivity contribution in [2.45, 2.75) is 43.7 Å². The van der Waals surface area contributed by atoms with Gasteiger partial charge in [0.2, 0.25) is 0 Å². The molecule has 5 nitrogen and oxygen atoms in total. The van der Waals surface area contributed by atoms with Crippen LogP contribution in [0.4, 0.5) is 10.5 Å². The average Bonchev–Trinajstić information content (AvgIpc) is 3.32. The van der Waals surface area contributed by atoms with Gasteiger partial charge in [0.25, 0.3) is 0 Å². The average molecular weight is 334 g/mol. The maximum absolute atomic E-state index is 13.3. The van der Waals surface area contributed by atoms with E-state index in [1.165, 1.54) is 12.8 Å². The highest BCUT2D eigenvalue weighted by molar-refractivity contribution is 5.96. The van der Waals surface area contributed by atoms with Gasteiger partial charge in [-0.2, -0.15) is 0 Å². The van der Waals surface area contributed by atoms with Crippen molar-refractivity contribution in [2.75, 3.05) is 11.4 Å². The molecule has 1 aromatic carbocycles. The van der Waals surface area contributed by atoms with Gasteiger partial charge in [-0.15, -0.1) is 0 Å². The smallest absolute Gasteiger partial charge is 0.319 e. The molecule has 2 heterocycles. The summed E-state index contributed by atoms with van der Waals surface area (Å²) >= 11 is 0. The van der Waals surface area contributed by atoms with Crippen molar-refractivity contribution in [1.29, 1.82) is 0 Å². The van der Waals surface area contributed by atoms with Gasteiger partial charge in [0.15, 0.2) is 0 Å². The second-order valence-electron chi connectivity index (χ2n) is 7.50. The Morgan fingerprint density at radius 3 is 2.48 bits per heavy atom. The molecule has 25 heavy (non-hydrogen) atoms. The molecule has 2 aliphatic carbocycles. The highest BCUT2D eigenvalue weighted by Crippen LogP contribution is 2.47. The number of amides is 2. The van der Waals surface area contributed by atoms with E-state index in [4.69, 9.17) is 0 Å². The number of nitrogens with zero attached hydrogens (tertiary/aromatic N) is 4. The van der Waals surface area contributed by atoms with Crippen LogP contribution in [0.15, 0.2) is 49.1 Å². The summed E-state index contributed by atoms with van der Waals surface area (Å²) in [7, 11) is 0. The molecule has 3 aliphatic rings. The van der Waals surface area contributed by atoms with E-state index in [2.05, 4.69) is 14.9 Å². The molecule has 1 aliphatic heterocycles. The molecule has 2 aromatic rings. The summed E-state index contributed by atoms with van der Waals surface area (Å²) in [5, 5.41) is 0. The molecular formula is C20H22N4O. The summed E-state index contributed by atoms with van der Waals surface area (Å²) < 4.78 is 0. The lowest BCUT2D eigenvalue weighted by Gasteiger charge is -2.27. The quantitative estimate of drug-likeness (QED) is 0.860. The van der Waals surface area contributed by atoms with Crippen molar-refractivity contribution in [3.05, 3.63) is 54.6 Å². The summed E-state index contributed by atoms with van der Waals surface area (Å²) in [6.07, 6.45) is 10.1. The summed E-state index contributed by atoms with van der Waals surface area (Å²) in [6.45, 7) is 0.918. The van der Waals surface area contributed by atoms with Crippen molar-refractivity contribution in [1.82, 2.24) is 14.9 Å². The third kappa shape index (κ3) is 2.49. The van der Waals surface area contributed by atoms with Crippen LogP contribution in [-0.2, 0) is 0 Å². The van der Waals surface area contributed by atoms with E-state index in [9.17, 15) is 4.79 Å². The minimum atomic E-state index is 0.176. The summed E-state index contributed by atoms with van der Waals surface area (Å²) in [6, 6.07) is 10.8. The molecule has 128 valence electrons. The molecule has 0 radical (unpaired) electrons. The van der Waals surface area contributed by atoms with Gasteiger partial charge in [-0.25, -0.2) is 14.8 Å². The van der Waals surface area contributed by atoms with Gasteiger partial charge >= 0.3 is 6.03 Å². The van der Waals surface area contributed by atoms with E-state index in [1.54, 1.807) is 6.33 Å². The lowest BCUT2D eigenvalue weighted by molar-refractivity contribution is 0.201. The number of anilines is 1. The highest BCUT2D eigenvalue weighted by Gasteiger charge is 2.54. The van der Waals surface area contributed by atoms with Crippen LogP contribution in [-0.4, -0.2) is 39.5 Å². The van der Waals surface area contributed by atoms with E-state index < -0.39 is 0 Å². The van der Waals surface area contributed by atoms with Gasteiger partial charge in [-0.05, 0) is 49.3 Å². The van der Waals surface area contributed by atoms with Crippen molar-refractivity contribution in [3.63, 3.8) is 0 Å². The first kappa shape index (κ1) is 14.9. The Bertz CT molecular complexity index is 762. The van der Waals surface area contributed by atoms with Crippen molar-refractivity contribution >= 4 is 11.7 Å². The first-order valence-electron chi connectivity index (χ1n) is 9.22. The Morgan fingerprint density at radius 1 is 1.00 bits per heavy atom. The molecule has 1 saturated heterocycles. The number of urea groups is 1. The van der Waals surface area contributed by atoms with Gasteiger partial charge in [0.05, 0.1) is 12.1 Å². The number of rotatable bonds is 4. The van der Waals surface area contributed by atoms with Gasteiger partial charge in [0, 0.05) is 30.5 Å². The van der Waals surface area contributed by atoms with Gasteiger partial charge in [-0.3, -0.25) is 4.90 Å². The molecule has 0 unspecified atom stereocenters. The summed E-state index contributed by atoms with van der Waals surface area (Å²) in [5.74, 6) is 1.01. The zero-order valence-corrected chi connectivity index (χ0v) is 14.2. The van der Waals surface area contributed by atoms with E-state index in [1.807, 2.05) is 47.6 Å². The molecule has 3 atom stereocenters. The fourth-order valence-corrected chi connectivity index (χ4v) is 4.59. The minimum absolute atomic E-state index is 0.176. The van der Waals surface area contributed by atoms with Crippen molar-refractivity contribution in [3.8, 4) is 0 Å². The summed E-state index contributed by atoms with van der Waals surface area (Å²) in [4.78, 5) is 25.9. The molecule has 0 N–H and O–H groups in total. The maximum Gasteiger partial charge on any atom is 0.325 e. The maximum atomic E-state index is 13.3. The summed E-state index contributed by atoms with van der Waals surface area (Å²) in [5.41, 5.74) is 2.15.